The van der Waals surface area contributed by atoms with Crippen molar-refractivity contribution >= 4 is 5.91 Å². The van der Waals surface area contributed by atoms with E-state index in [4.69, 9.17) is 9.47 Å². The van der Waals surface area contributed by atoms with Gasteiger partial charge in [-0.1, -0.05) is 36.4 Å². The largest absolute Gasteiger partial charge is 0.454 e. The van der Waals surface area contributed by atoms with Gasteiger partial charge in [0, 0.05) is 25.4 Å². The van der Waals surface area contributed by atoms with Gasteiger partial charge in [-0.05, 0) is 60.8 Å². The molecule has 0 aromatic heterocycles. The van der Waals surface area contributed by atoms with E-state index in [9.17, 15) is 4.79 Å². The average molecular weight is 377 g/mol. The minimum absolute atomic E-state index is 0.0182. The second-order valence-corrected chi connectivity index (χ2v) is 8.45. The molecule has 1 atom stereocenters. The van der Waals surface area contributed by atoms with E-state index in [1.165, 1.54) is 25.7 Å². The highest BCUT2D eigenvalue weighted by Crippen LogP contribution is 2.47. The van der Waals surface area contributed by atoms with Crippen LogP contribution in [-0.4, -0.2) is 30.7 Å². The van der Waals surface area contributed by atoms with Crippen molar-refractivity contribution in [2.24, 2.45) is 11.8 Å². The van der Waals surface area contributed by atoms with Crippen LogP contribution in [0.25, 0.3) is 0 Å². The fourth-order valence-electron chi connectivity index (χ4n) is 4.62. The molecular formula is C24H27NO3. The van der Waals surface area contributed by atoms with Crippen LogP contribution in [0.15, 0.2) is 48.5 Å². The van der Waals surface area contributed by atoms with Crippen LogP contribution in [0.1, 0.15) is 49.1 Å². The number of fused-ring (bicyclic) bond motifs is 1. The van der Waals surface area contributed by atoms with Crippen molar-refractivity contribution < 1.29 is 14.3 Å². The maximum absolute atomic E-state index is 13.3. The molecule has 146 valence electrons. The van der Waals surface area contributed by atoms with Crippen molar-refractivity contribution in [3.05, 3.63) is 59.7 Å². The van der Waals surface area contributed by atoms with Gasteiger partial charge in [0.1, 0.15) is 0 Å². The average Bonchev–Trinajstić information content (AvgIpc) is 3.66. The summed E-state index contributed by atoms with van der Waals surface area (Å²) in [4.78, 5) is 15.4. The van der Waals surface area contributed by atoms with Gasteiger partial charge in [0.15, 0.2) is 11.5 Å². The lowest BCUT2D eigenvalue weighted by Gasteiger charge is -2.30. The van der Waals surface area contributed by atoms with Crippen LogP contribution in [0.2, 0.25) is 0 Å². The molecular weight excluding hydrogens is 350 g/mol. The molecule has 2 aromatic carbocycles. The van der Waals surface area contributed by atoms with Crippen LogP contribution in [-0.2, 0) is 4.79 Å². The number of ether oxygens (including phenoxy) is 2. The van der Waals surface area contributed by atoms with Gasteiger partial charge in [0.2, 0.25) is 12.7 Å². The van der Waals surface area contributed by atoms with Crippen LogP contribution in [0, 0.1) is 11.8 Å². The van der Waals surface area contributed by atoms with Gasteiger partial charge in [-0.15, -0.1) is 0 Å². The summed E-state index contributed by atoms with van der Waals surface area (Å²) in [6.07, 6.45) is 5.61. The fraction of sp³-hybridized carbons (Fsp3) is 0.458. The number of rotatable bonds is 7. The maximum atomic E-state index is 13.3. The van der Waals surface area contributed by atoms with E-state index in [0.29, 0.717) is 12.5 Å². The second kappa shape index (κ2) is 7.16. The van der Waals surface area contributed by atoms with Crippen LogP contribution in [0.3, 0.4) is 0 Å². The number of hydrogen-bond donors (Lipinski definition) is 0. The van der Waals surface area contributed by atoms with E-state index >= 15 is 0 Å². The van der Waals surface area contributed by atoms with Crippen molar-refractivity contribution in [3.63, 3.8) is 0 Å². The monoisotopic (exact) mass is 377 g/mol. The molecule has 2 fully saturated rings. The van der Waals surface area contributed by atoms with Gasteiger partial charge >= 0.3 is 0 Å². The smallest absolute Gasteiger partial charge is 0.231 e. The molecule has 1 amide bonds. The summed E-state index contributed by atoms with van der Waals surface area (Å²) in [5, 5.41) is 0. The Bertz CT molecular complexity index is 845. The minimum Gasteiger partial charge on any atom is -0.454 e. The molecule has 4 nitrogen and oxygen atoms in total. The summed E-state index contributed by atoms with van der Waals surface area (Å²) in [7, 11) is 2.02. The first-order valence-corrected chi connectivity index (χ1v) is 10.4. The van der Waals surface area contributed by atoms with E-state index in [1.54, 1.807) is 0 Å². The molecule has 3 aliphatic rings. The van der Waals surface area contributed by atoms with E-state index in [0.717, 1.165) is 34.5 Å². The summed E-state index contributed by atoms with van der Waals surface area (Å²) in [5.41, 5.74) is 2.27. The third-order valence-electron chi connectivity index (χ3n) is 6.43. The lowest BCUT2D eigenvalue weighted by molar-refractivity contribution is -0.133. The maximum Gasteiger partial charge on any atom is 0.231 e. The Hall–Kier alpha value is -2.49. The molecule has 0 bridgehead atoms. The Balaban J connectivity index is 1.41. The normalized spacial score (nSPS) is 18.9. The standard InChI is InChI=1S/C24H27NO3/c1-25(24(17-7-8-17)18-9-10-18)23(26)14-20(16-5-3-2-4-6-16)19-11-12-21-22(13-19)28-15-27-21/h2-6,11-13,17-18,20,24H,7-10,14-15H2,1H3. The number of nitrogens with zero attached hydrogens (tertiary/aromatic N) is 1. The molecule has 0 radical (unpaired) electrons. The van der Waals surface area contributed by atoms with E-state index in [2.05, 4.69) is 23.1 Å². The Morgan fingerprint density at radius 1 is 0.964 bits per heavy atom. The molecule has 28 heavy (non-hydrogen) atoms. The highest BCUT2D eigenvalue weighted by molar-refractivity contribution is 5.78. The van der Waals surface area contributed by atoms with E-state index < -0.39 is 0 Å². The Labute approximate surface area is 166 Å². The van der Waals surface area contributed by atoms with Crippen molar-refractivity contribution in [3.8, 4) is 11.5 Å². The molecule has 0 saturated heterocycles. The highest BCUT2D eigenvalue weighted by Gasteiger charge is 2.45. The predicted octanol–water partition coefficient (Wildman–Crippen LogP) is 4.58. The Morgan fingerprint density at radius 2 is 1.64 bits per heavy atom. The lowest BCUT2D eigenvalue weighted by atomic mass is 9.87. The Morgan fingerprint density at radius 3 is 2.32 bits per heavy atom. The summed E-state index contributed by atoms with van der Waals surface area (Å²) in [6, 6.07) is 16.8. The van der Waals surface area contributed by atoms with Crippen molar-refractivity contribution in [2.75, 3.05) is 13.8 Å². The SMILES string of the molecule is CN(C(=O)CC(c1ccccc1)c1ccc2c(c1)OCO2)C(C1CC1)C1CC1. The zero-order valence-electron chi connectivity index (χ0n) is 16.3. The number of hydrogen-bond acceptors (Lipinski definition) is 3. The first kappa shape index (κ1) is 17.6. The zero-order valence-corrected chi connectivity index (χ0v) is 16.3. The molecule has 1 unspecified atom stereocenters. The number of benzene rings is 2. The highest BCUT2D eigenvalue weighted by atomic mass is 16.7. The quantitative estimate of drug-likeness (QED) is 0.709. The predicted molar refractivity (Wildman–Crippen MR) is 107 cm³/mol. The molecule has 2 aliphatic carbocycles. The molecule has 0 spiro atoms. The van der Waals surface area contributed by atoms with E-state index in [-0.39, 0.29) is 18.6 Å². The molecule has 4 heteroatoms. The molecule has 0 N–H and O–H groups in total. The minimum atomic E-state index is 0.0182. The summed E-state index contributed by atoms with van der Waals surface area (Å²) in [6.45, 7) is 0.265. The van der Waals surface area contributed by atoms with Crippen molar-refractivity contribution in [1.29, 1.82) is 0 Å². The van der Waals surface area contributed by atoms with Gasteiger partial charge in [0.25, 0.3) is 0 Å². The van der Waals surface area contributed by atoms with Gasteiger partial charge in [-0.25, -0.2) is 0 Å². The fourth-order valence-corrected chi connectivity index (χ4v) is 4.62. The number of carbonyl (C=O) groups excluding carboxylic acids is 1. The summed E-state index contributed by atoms with van der Waals surface area (Å²) >= 11 is 0. The van der Waals surface area contributed by atoms with Crippen molar-refractivity contribution in [2.45, 2.75) is 44.1 Å². The van der Waals surface area contributed by atoms with Crippen molar-refractivity contribution in [1.82, 2.24) is 4.90 Å². The molecule has 5 rings (SSSR count). The lowest BCUT2D eigenvalue weighted by Crippen LogP contribution is -2.40. The third kappa shape index (κ3) is 3.48. The second-order valence-electron chi connectivity index (χ2n) is 8.45. The number of amides is 1. The van der Waals surface area contributed by atoms with Gasteiger partial charge in [-0.2, -0.15) is 0 Å². The third-order valence-corrected chi connectivity index (χ3v) is 6.43. The van der Waals surface area contributed by atoms with Crippen LogP contribution in [0.5, 0.6) is 11.5 Å². The molecule has 2 aromatic rings. The van der Waals surface area contributed by atoms with Gasteiger partial charge in [-0.3, -0.25) is 4.79 Å². The van der Waals surface area contributed by atoms with E-state index in [1.807, 2.05) is 37.4 Å². The molecule has 1 aliphatic heterocycles. The molecule has 2 saturated carbocycles. The first-order chi connectivity index (χ1) is 13.7. The first-order valence-electron chi connectivity index (χ1n) is 10.4. The summed E-state index contributed by atoms with van der Waals surface area (Å²) in [5.74, 6) is 3.26. The van der Waals surface area contributed by atoms with Gasteiger partial charge in [0.05, 0.1) is 0 Å². The number of carbonyl (C=O) groups is 1. The van der Waals surface area contributed by atoms with Crippen LogP contribution in [0.4, 0.5) is 0 Å². The molecule has 1 heterocycles. The van der Waals surface area contributed by atoms with Gasteiger partial charge < -0.3 is 14.4 Å². The van der Waals surface area contributed by atoms with Crippen LogP contribution < -0.4 is 9.47 Å². The van der Waals surface area contributed by atoms with Crippen LogP contribution >= 0.6 is 0 Å². The topological polar surface area (TPSA) is 38.8 Å². The summed E-state index contributed by atoms with van der Waals surface area (Å²) < 4.78 is 11.0. The Kier molecular flexibility index (Phi) is 4.50. The zero-order chi connectivity index (χ0) is 19.1.